The molecule has 0 unspecified atom stereocenters. The lowest BCUT2D eigenvalue weighted by Gasteiger charge is -2.37. The number of hydrogen-bond acceptors (Lipinski definition) is 9. The molecule has 0 spiro atoms. The van der Waals surface area contributed by atoms with Crippen LogP contribution in [0.25, 0.3) is 5.69 Å². The third-order valence-corrected chi connectivity index (χ3v) is 9.67. The summed E-state index contributed by atoms with van der Waals surface area (Å²) in [6.45, 7) is 6.95. The van der Waals surface area contributed by atoms with E-state index in [0.29, 0.717) is 41.1 Å². The van der Waals surface area contributed by atoms with Gasteiger partial charge in [-0.1, -0.05) is 42.6 Å². The highest BCUT2D eigenvalue weighted by Gasteiger charge is 2.45. The van der Waals surface area contributed by atoms with Crippen LogP contribution in [0, 0.1) is 0 Å². The molecule has 2 aliphatic heterocycles. The monoisotopic (exact) mass is 719 g/mol. The van der Waals surface area contributed by atoms with Crippen LogP contribution >= 0.6 is 23.2 Å². The molecule has 262 valence electrons. The van der Waals surface area contributed by atoms with E-state index in [1.807, 2.05) is 42.5 Å². The lowest BCUT2D eigenvalue weighted by Crippen LogP contribution is -2.46. The minimum atomic E-state index is -1.17. The van der Waals surface area contributed by atoms with Crippen LogP contribution < -0.4 is 20.2 Å². The fourth-order valence-corrected chi connectivity index (χ4v) is 7.02. The van der Waals surface area contributed by atoms with Crippen LogP contribution in [0.15, 0.2) is 90.4 Å². The third kappa shape index (κ3) is 7.20. The fraction of sp³-hybridized carbons (Fsp3) is 0.361. The zero-order valence-corrected chi connectivity index (χ0v) is 29.2. The topological polar surface area (TPSA) is 112 Å². The van der Waals surface area contributed by atoms with Crippen LogP contribution in [0.1, 0.15) is 25.3 Å². The maximum atomic E-state index is 12.8. The van der Waals surface area contributed by atoms with Crippen molar-refractivity contribution in [1.29, 1.82) is 0 Å². The van der Waals surface area contributed by atoms with E-state index in [4.69, 9.17) is 37.4 Å². The van der Waals surface area contributed by atoms with Crippen LogP contribution in [0.3, 0.4) is 0 Å². The van der Waals surface area contributed by atoms with Crippen LogP contribution in [-0.4, -0.2) is 74.5 Å². The Kier molecular flexibility index (Phi) is 10.0. The Labute approximate surface area is 299 Å². The summed E-state index contributed by atoms with van der Waals surface area (Å²) in [4.78, 5) is 21.6. The quantitative estimate of drug-likeness (QED) is 0.173. The van der Waals surface area contributed by atoms with Crippen molar-refractivity contribution < 1.29 is 19.3 Å². The number of halogens is 2. The van der Waals surface area contributed by atoms with E-state index >= 15 is 0 Å². The van der Waals surface area contributed by atoms with Gasteiger partial charge in [0.25, 0.3) is 0 Å². The Morgan fingerprint density at radius 2 is 1.64 bits per heavy atom. The predicted octanol–water partition coefficient (Wildman–Crippen LogP) is 5.72. The predicted molar refractivity (Wildman–Crippen MR) is 192 cm³/mol. The summed E-state index contributed by atoms with van der Waals surface area (Å²) in [5.74, 6) is -0.480. The third-order valence-electron chi connectivity index (χ3n) is 9.12. The number of aromatic hydroxyl groups is 1. The molecule has 3 aromatic carbocycles. The standard InChI is InChI=1S/C36H39Cl2N7O5/c1-2-3-14-43-20-34(46)45(35(43)47)29-7-5-27(6-8-29)41-15-17-42(18-16-41)28-9-11-30(12-10-28)48-21-31-22-49-36(50-31,23-44-25-39-24-40-44)32-13-4-26(37)19-33(32)38/h4-13,19-20,24-25,31,46H,2-3,14-18,21-23H2,1H3/t31-,36-/m1/s1. The largest absolute Gasteiger partial charge is 0.493 e. The SMILES string of the molecule is CCCCn1cc(O)n(-c2ccc(N3CCN(c4ccc(OC[C@@H]5CO[C@@](Cn6cncn6)(c6ccc(Cl)cc6Cl)O5)cc4)CC3)cc2)c1=O. The van der Waals surface area contributed by atoms with Gasteiger partial charge in [0.15, 0.2) is 0 Å². The van der Waals surface area contributed by atoms with Crippen molar-refractivity contribution in [3.05, 3.63) is 112 Å². The van der Waals surface area contributed by atoms with E-state index in [0.717, 1.165) is 56.1 Å². The summed E-state index contributed by atoms with van der Waals surface area (Å²) in [6.07, 6.45) is 6.09. The van der Waals surface area contributed by atoms with Crippen molar-refractivity contribution in [3.8, 4) is 17.3 Å². The molecule has 1 N–H and O–H groups in total. The van der Waals surface area contributed by atoms with Gasteiger partial charge in [-0.3, -0.25) is 4.57 Å². The Balaban J connectivity index is 0.925. The summed E-state index contributed by atoms with van der Waals surface area (Å²) in [6, 6.07) is 21.1. The molecule has 2 aromatic heterocycles. The van der Waals surface area contributed by atoms with Crippen LogP contribution in [0.5, 0.6) is 11.6 Å². The molecular weight excluding hydrogens is 681 g/mol. The van der Waals surface area contributed by atoms with E-state index in [1.165, 1.54) is 17.1 Å². The van der Waals surface area contributed by atoms with Crippen molar-refractivity contribution >= 4 is 34.6 Å². The van der Waals surface area contributed by atoms with Gasteiger partial charge >= 0.3 is 5.69 Å². The van der Waals surface area contributed by atoms with E-state index < -0.39 is 5.79 Å². The molecular formula is C36H39Cl2N7O5. The molecule has 7 rings (SSSR count). The van der Waals surface area contributed by atoms with Gasteiger partial charge in [0.1, 0.15) is 37.7 Å². The normalized spacial score (nSPS) is 19.3. The minimum Gasteiger partial charge on any atom is -0.493 e. The van der Waals surface area contributed by atoms with E-state index in [2.05, 4.69) is 38.9 Å². The fourth-order valence-electron chi connectivity index (χ4n) is 6.47. The van der Waals surface area contributed by atoms with Gasteiger partial charge in [-0.25, -0.2) is 19.0 Å². The van der Waals surface area contributed by atoms with Crippen molar-refractivity contribution in [2.24, 2.45) is 0 Å². The Bertz CT molecular complexity index is 1940. The van der Waals surface area contributed by atoms with E-state index in [9.17, 15) is 9.90 Å². The number of hydrogen-bond donors (Lipinski definition) is 1. The number of benzene rings is 3. The highest BCUT2D eigenvalue weighted by molar-refractivity contribution is 6.35. The second-order valence-electron chi connectivity index (χ2n) is 12.5. The maximum Gasteiger partial charge on any atom is 0.335 e. The number of rotatable bonds is 12. The van der Waals surface area contributed by atoms with Gasteiger partial charge in [-0.05, 0) is 67.1 Å². The van der Waals surface area contributed by atoms with Crippen LogP contribution in [0.4, 0.5) is 11.4 Å². The molecule has 2 aliphatic rings. The van der Waals surface area contributed by atoms with E-state index in [1.54, 1.807) is 27.7 Å². The zero-order chi connectivity index (χ0) is 34.7. The number of imidazole rings is 1. The molecule has 0 saturated carbocycles. The van der Waals surface area contributed by atoms with E-state index in [-0.39, 0.29) is 24.2 Å². The number of ether oxygens (including phenoxy) is 3. The second kappa shape index (κ2) is 14.8. The van der Waals surface area contributed by atoms with Gasteiger partial charge < -0.3 is 29.1 Å². The van der Waals surface area contributed by atoms with Crippen LogP contribution in [0.2, 0.25) is 10.0 Å². The Morgan fingerprint density at radius 3 is 2.28 bits per heavy atom. The van der Waals surface area contributed by atoms with Gasteiger partial charge in [0.2, 0.25) is 11.7 Å². The number of aryl methyl sites for hydroxylation is 1. The molecule has 2 atom stereocenters. The summed E-state index contributed by atoms with van der Waals surface area (Å²) in [7, 11) is 0. The van der Waals surface area contributed by atoms with Crippen molar-refractivity contribution in [1.82, 2.24) is 23.9 Å². The van der Waals surface area contributed by atoms with Crippen molar-refractivity contribution in [3.63, 3.8) is 0 Å². The van der Waals surface area contributed by atoms with Crippen LogP contribution in [-0.2, 0) is 28.4 Å². The summed E-state index contributed by atoms with van der Waals surface area (Å²) in [5.41, 5.74) is 3.29. The molecule has 0 amide bonds. The molecule has 14 heteroatoms. The number of anilines is 2. The summed E-state index contributed by atoms with van der Waals surface area (Å²) >= 11 is 12.7. The molecule has 4 heterocycles. The summed E-state index contributed by atoms with van der Waals surface area (Å²) in [5, 5.41) is 15.6. The molecule has 5 aromatic rings. The first-order valence-electron chi connectivity index (χ1n) is 16.8. The summed E-state index contributed by atoms with van der Waals surface area (Å²) < 4.78 is 23.4. The zero-order valence-electron chi connectivity index (χ0n) is 27.7. The first-order valence-corrected chi connectivity index (χ1v) is 17.5. The average Bonchev–Trinajstić information content (AvgIpc) is 3.86. The van der Waals surface area contributed by atoms with Crippen molar-refractivity contribution in [2.75, 3.05) is 49.2 Å². The molecule has 12 nitrogen and oxygen atoms in total. The minimum absolute atomic E-state index is 0.0503. The lowest BCUT2D eigenvalue weighted by atomic mass is 10.1. The first kappa shape index (κ1) is 34.0. The molecule has 0 radical (unpaired) electrons. The number of aromatic nitrogens is 5. The van der Waals surface area contributed by atoms with Crippen molar-refractivity contribution in [2.45, 2.75) is 44.7 Å². The Morgan fingerprint density at radius 1 is 0.960 bits per heavy atom. The number of unbranched alkanes of at least 4 members (excludes halogenated alkanes) is 1. The molecule has 2 saturated heterocycles. The highest BCUT2D eigenvalue weighted by atomic mass is 35.5. The first-order chi connectivity index (χ1) is 24.3. The molecule has 0 aliphatic carbocycles. The van der Waals surface area contributed by atoms with Gasteiger partial charge in [-0.2, -0.15) is 5.10 Å². The second-order valence-corrected chi connectivity index (χ2v) is 13.3. The lowest BCUT2D eigenvalue weighted by molar-refractivity contribution is -0.190. The smallest absolute Gasteiger partial charge is 0.335 e. The number of nitrogens with zero attached hydrogens (tertiary/aromatic N) is 7. The van der Waals surface area contributed by atoms with Gasteiger partial charge in [-0.15, -0.1) is 0 Å². The maximum absolute atomic E-state index is 12.8. The molecule has 0 bridgehead atoms. The highest BCUT2D eigenvalue weighted by Crippen LogP contribution is 2.40. The molecule has 2 fully saturated rings. The van der Waals surface area contributed by atoms with Gasteiger partial charge in [0.05, 0.1) is 23.5 Å². The van der Waals surface area contributed by atoms with Gasteiger partial charge in [0, 0.05) is 54.7 Å². The molecule has 50 heavy (non-hydrogen) atoms. The average molecular weight is 721 g/mol. The number of piperazine rings is 1. The Hall–Kier alpha value is -4.49.